The molecule has 9 nitrogen and oxygen atoms in total. The Morgan fingerprint density at radius 2 is 1.77 bits per heavy atom. The Labute approximate surface area is 151 Å². The third kappa shape index (κ3) is 4.21. The molecule has 0 aromatic heterocycles. The SMILES string of the molecule is CNS(=O)(=O)c1ccc(NCc2ccc(OC)c(OC)c2)c([N+](=O)[O-])c1. The summed E-state index contributed by atoms with van der Waals surface area (Å²) in [5.41, 5.74) is 0.686. The topological polar surface area (TPSA) is 120 Å². The molecule has 0 heterocycles. The highest BCUT2D eigenvalue weighted by molar-refractivity contribution is 7.89. The van der Waals surface area contributed by atoms with Crippen molar-refractivity contribution in [3.8, 4) is 11.5 Å². The number of hydrogen-bond donors (Lipinski definition) is 2. The van der Waals surface area contributed by atoms with Crippen LogP contribution in [0.15, 0.2) is 41.3 Å². The number of hydrogen-bond acceptors (Lipinski definition) is 7. The number of rotatable bonds is 8. The second-order valence-corrected chi connectivity index (χ2v) is 7.07. The van der Waals surface area contributed by atoms with Gasteiger partial charge in [0.15, 0.2) is 11.5 Å². The Balaban J connectivity index is 2.28. The van der Waals surface area contributed by atoms with Crippen LogP contribution in [0.2, 0.25) is 0 Å². The lowest BCUT2D eigenvalue weighted by atomic mass is 10.2. The largest absolute Gasteiger partial charge is 0.493 e. The van der Waals surface area contributed by atoms with E-state index in [2.05, 4.69) is 10.0 Å². The molecule has 0 atom stereocenters. The van der Waals surface area contributed by atoms with Gasteiger partial charge in [0, 0.05) is 12.6 Å². The molecule has 26 heavy (non-hydrogen) atoms. The molecular formula is C16H19N3O6S. The number of nitrogens with zero attached hydrogens (tertiary/aromatic N) is 1. The number of nitro groups is 1. The lowest BCUT2D eigenvalue weighted by molar-refractivity contribution is -0.384. The molecule has 2 aromatic carbocycles. The van der Waals surface area contributed by atoms with E-state index < -0.39 is 14.9 Å². The van der Waals surface area contributed by atoms with Crippen molar-refractivity contribution < 1.29 is 22.8 Å². The Morgan fingerprint density at radius 3 is 2.35 bits per heavy atom. The first kappa shape index (κ1) is 19.5. The molecule has 140 valence electrons. The zero-order chi connectivity index (χ0) is 19.3. The smallest absolute Gasteiger partial charge is 0.293 e. The molecule has 2 rings (SSSR count). The van der Waals surface area contributed by atoms with Crippen LogP contribution in [0.3, 0.4) is 0 Å². The third-order valence-corrected chi connectivity index (χ3v) is 5.09. The van der Waals surface area contributed by atoms with Gasteiger partial charge in [-0.25, -0.2) is 13.1 Å². The van der Waals surface area contributed by atoms with E-state index in [4.69, 9.17) is 9.47 Å². The van der Waals surface area contributed by atoms with Crippen molar-refractivity contribution in [2.24, 2.45) is 0 Å². The number of nitro benzene ring substituents is 1. The van der Waals surface area contributed by atoms with Crippen molar-refractivity contribution in [3.05, 3.63) is 52.1 Å². The van der Waals surface area contributed by atoms with Gasteiger partial charge in [0.1, 0.15) is 5.69 Å². The first-order chi connectivity index (χ1) is 12.3. The summed E-state index contributed by atoms with van der Waals surface area (Å²) in [7, 11) is 0.515. The van der Waals surface area contributed by atoms with Crippen LogP contribution in [-0.4, -0.2) is 34.6 Å². The van der Waals surface area contributed by atoms with E-state index in [9.17, 15) is 18.5 Å². The fourth-order valence-corrected chi connectivity index (χ4v) is 3.03. The second-order valence-electron chi connectivity index (χ2n) is 5.19. The van der Waals surface area contributed by atoms with E-state index in [-0.39, 0.29) is 22.8 Å². The van der Waals surface area contributed by atoms with Crippen molar-refractivity contribution in [1.29, 1.82) is 0 Å². The van der Waals surface area contributed by atoms with E-state index in [0.717, 1.165) is 11.6 Å². The summed E-state index contributed by atoms with van der Waals surface area (Å²) in [4.78, 5) is 10.5. The lowest BCUT2D eigenvalue weighted by Gasteiger charge is -2.12. The van der Waals surface area contributed by atoms with Gasteiger partial charge in [0.2, 0.25) is 10.0 Å². The maximum absolute atomic E-state index is 11.8. The molecule has 2 N–H and O–H groups in total. The molecule has 0 aliphatic rings. The number of anilines is 1. The van der Waals surface area contributed by atoms with Crippen LogP contribution >= 0.6 is 0 Å². The molecule has 0 spiro atoms. The first-order valence-electron chi connectivity index (χ1n) is 7.49. The van der Waals surface area contributed by atoms with Crippen LogP contribution in [-0.2, 0) is 16.6 Å². The molecule has 0 fully saturated rings. The van der Waals surface area contributed by atoms with E-state index in [1.165, 1.54) is 33.4 Å². The predicted octanol–water partition coefficient (Wildman–Crippen LogP) is 2.13. The van der Waals surface area contributed by atoms with E-state index >= 15 is 0 Å². The Bertz CT molecular complexity index is 914. The van der Waals surface area contributed by atoms with Crippen LogP contribution in [0.5, 0.6) is 11.5 Å². The normalized spacial score (nSPS) is 11.0. The maximum atomic E-state index is 11.8. The highest BCUT2D eigenvalue weighted by Gasteiger charge is 2.20. The van der Waals surface area contributed by atoms with Crippen LogP contribution in [0.1, 0.15) is 5.56 Å². The summed E-state index contributed by atoms with van der Waals surface area (Å²) in [6, 6.07) is 8.95. The molecule has 0 saturated carbocycles. The van der Waals surface area contributed by atoms with Crippen molar-refractivity contribution in [3.63, 3.8) is 0 Å². The quantitative estimate of drug-likeness (QED) is 0.531. The molecule has 0 saturated heterocycles. The number of benzene rings is 2. The fourth-order valence-electron chi connectivity index (χ4n) is 2.28. The van der Waals surface area contributed by atoms with Crippen molar-refractivity contribution in [2.75, 3.05) is 26.6 Å². The van der Waals surface area contributed by atoms with Gasteiger partial charge < -0.3 is 14.8 Å². The number of sulfonamides is 1. The van der Waals surface area contributed by atoms with Gasteiger partial charge in [0.05, 0.1) is 24.0 Å². The van der Waals surface area contributed by atoms with Crippen molar-refractivity contribution in [2.45, 2.75) is 11.4 Å². The highest BCUT2D eigenvalue weighted by atomic mass is 32.2. The van der Waals surface area contributed by atoms with Gasteiger partial charge in [-0.1, -0.05) is 6.07 Å². The number of ether oxygens (including phenoxy) is 2. The summed E-state index contributed by atoms with van der Waals surface area (Å²) in [5.74, 6) is 1.11. The van der Waals surface area contributed by atoms with Gasteiger partial charge >= 0.3 is 0 Å². The molecule has 0 aliphatic carbocycles. The zero-order valence-electron chi connectivity index (χ0n) is 14.5. The van der Waals surface area contributed by atoms with Crippen LogP contribution in [0.25, 0.3) is 0 Å². The van der Waals surface area contributed by atoms with Crippen LogP contribution < -0.4 is 19.5 Å². The molecule has 10 heteroatoms. The van der Waals surface area contributed by atoms with Crippen molar-refractivity contribution >= 4 is 21.4 Å². The molecular weight excluding hydrogens is 362 g/mol. The first-order valence-corrected chi connectivity index (χ1v) is 8.97. The molecule has 0 aliphatic heterocycles. The standard InChI is InChI=1S/C16H19N3O6S/c1-17-26(22,23)12-5-6-13(14(9-12)19(20)21)18-10-11-4-7-15(24-2)16(8-11)25-3/h4-9,17-18H,10H2,1-3H3. The average molecular weight is 381 g/mol. The molecule has 0 unspecified atom stereocenters. The monoisotopic (exact) mass is 381 g/mol. The van der Waals surface area contributed by atoms with Gasteiger partial charge in [-0.05, 0) is 36.9 Å². The van der Waals surface area contributed by atoms with Gasteiger partial charge in [0.25, 0.3) is 5.69 Å². The Kier molecular flexibility index (Phi) is 6.01. The fraction of sp³-hybridized carbons (Fsp3) is 0.250. The van der Waals surface area contributed by atoms with Gasteiger partial charge in [-0.3, -0.25) is 10.1 Å². The summed E-state index contributed by atoms with van der Waals surface area (Å²) in [6.45, 7) is 0.277. The number of nitrogens with one attached hydrogen (secondary N) is 2. The Hall–Kier alpha value is -2.85. The summed E-state index contributed by atoms with van der Waals surface area (Å²) in [6.07, 6.45) is 0. The second kappa shape index (κ2) is 8.02. The average Bonchev–Trinajstić information content (AvgIpc) is 2.65. The lowest BCUT2D eigenvalue weighted by Crippen LogP contribution is -2.18. The molecule has 0 bridgehead atoms. The minimum Gasteiger partial charge on any atom is -0.493 e. The summed E-state index contributed by atoms with van der Waals surface area (Å²) >= 11 is 0. The highest BCUT2D eigenvalue weighted by Crippen LogP contribution is 2.30. The van der Waals surface area contributed by atoms with Gasteiger partial charge in [-0.15, -0.1) is 0 Å². The summed E-state index contributed by atoms with van der Waals surface area (Å²) < 4.78 is 36.1. The van der Waals surface area contributed by atoms with E-state index in [1.807, 2.05) is 0 Å². The minimum atomic E-state index is -3.77. The molecule has 0 radical (unpaired) electrons. The van der Waals surface area contributed by atoms with Crippen LogP contribution in [0.4, 0.5) is 11.4 Å². The summed E-state index contributed by atoms with van der Waals surface area (Å²) in [5, 5.41) is 14.2. The molecule has 2 aromatic rings. The van der Waals surface area contributed by atoms with E-state index in [0.29, 0.717) is 11.5 Å². The molecule has 0 amide bonds. The van der Waals surface area contributed by atoms with Crippen molar-refractivity contribution in [1.82, 2.24) is 4.72 Å². The maximum Gasteiger partial charge on any atom is 0.293 e. The van der Waals surface area contributed by atoms with E-state index in [1.54, 1.807) is 18.2 Å². The van der Waals surface area contributed by atoms with Crippen LogP contribution in [0, 0.1) is 10.1 Å². The minimum absolute atomic E-state index is 0.177. The zero-order valence-corrected chi connectivity index (χ0v) is 15.3. The third-order valence-electron chi connectivity index (χ3n) is 3.68. The Morgan fingerprint density at radius 1 is 1.08 bits per heavy atom. The van der Waals surface area contributed by atoms with Gasteiger partial charge in [-0.2, -0.15) is 0 Å². The number of methoxy groups -OCH3 is 2. The predicted molar refractivity (Wildman–Crippen MR) is 96.2 cm³/mol.